The predicted molar refractivity (Wildman–Crippen MR) is 79.8 cm³/mol. The van der Waals surface area contributed by atoms with Gasteiger partial charge in [0.1, 0.15) is 4.99 Å². The normalized spacial score (nSPS) is 10.3. The lowest BCUT2D eigenvalue weighted by atomic mass is 10.2. The first kappa shape index (κ1) is 13.0. The van der Waals surface area contributed by atoms with E-state index in [-0.39, 0.29) is 10.5 Å². The Kier molecular flexibility index (Phi) is 3.93. The summed E-state index contributed by atoms with van der Waals surface area (Å²) in [5.41, 5.74) is 6.77. The van der Waals surface area contributed by atoms with Crippen LogP contribution in [0.15, 0.2) is 51.9 Å². The lowest BCUT2D eigenvalue weighted by molar-refractivity contribution is 0.757. The number of halogens is 1. The molecule has 18 heavy (non-hydrogen) atoms. The fraction of sp³-hybridized carbons (Fsp3) is 0.0769. The van der Waals surface area contributed by atoms with Crippen LogP contribution in [-0.4, -0.2) is 9.56 Å². The van der Waals surface area contributed by atoms with Crippen molar-refractivity contribution in [2.75, 3.05) is 0 Å². The zero-order chi connectivity index (χ0) is 13.1. The second kappa shape index (κ2) is 5.46. The number of pyridine rings is 1. The van der Waals surface area contributed by atoms with Gasteiger partial charge in [-0.05, 0) is 29.8 Å². The summed E-state index contributed by atoms with van der Waals surface area (Å²) in [6.07, 6.45) is 1.73. The molecule has 0 unspecified atom stereocenters. The van der Waals surface area contributed by atoms with Crippen molar-refractivity contribution in [1.29, 1.82) is 0 Å². The minimum Gasteiger partial charge on any atom is -0.389 e. The van der Waals surface area contributed by atoms with Gasteiger partial charge in [-0.25, -0.2) is 0 Å². The van der Waals surface area contributed by atoms with E-state index < -0.39 is 0 Å². The van der Waals surface area contributed by atoms with Crippen molar-refractivity contribution in [3.8, 4) is 0 Å². The summed E-state index contributed by atoms with van der Waals surface area (Å²) in [6, 6.07) is 11.2. The van der Waals surface area contributed by atoms with Crippen molar-refractivity contribution < 1.29 is 0 Å². The number of nitrogens with zero attached hydrogens (tertiary/aromatic N) is 1. The summed E-state index contributed by atoms with van der Waals surface area (Å²) in [5, 5.41) is 0. The van der Waals surface area contributed by atoms with Gasteiger partial charge in [-0.3, -0.25) is 4.79 Å². The minimum absolute atomic E-state index is 0.130. The van der Waals surface area contributed by atoms with Crippen molar-refractivity contribution in [2.45, 2.75) is 6.54 Å². The standard InChI is InChI=1S/C13H11BrN2OS/c14-10-5-3-9(4-6-10)8-16-7-1-2-11(12(15)18)13(16)17/h1-7H,8H2,(H2,15,18). The number of aromatic nitrogens is 1. The van der Waals surface area contributed by atoms with Crippen LogP contribution in [0.1, 0.15) is 11.1 Å². The van der Waals surface area contributed by atoms with Crippen LogP contribution in [0.3, 0.4) is 0 Å². The van der Waals surface area contributed by atoms with E-state index in [9.17, 15) is 4.79 Å². The molecule has 0 aliphatic carbocycles. The first-order valence-corrected chi connectivity index (χ1v) is 6.52. The maximum atomic E-state index is 12.1. The molecule has 0 radical (unpaired) electrons. The van der Waals surface area contributed by atoms with Gasteiger partial charge in [-0.15, -0.1) is 0 Å². The van der Waals surface area contributed by atoms with E-state index in [0.717, 1.165) is 10.0 Å². The molecule has 0 spiro atoms. The topological polar surface area (TPSA) is 48.0 Å². The van der Waals surface area contributed by atoms with Crippen molar-refractivity contribution in [3.05, 3.63) is 68.5 Å². The molecule has 0 saturated carbocycles. The summed E-state index contributed by atoms with van der Waals surface area (Å²) in [5.74, 6) is 0. The Balaban J connectivity index is 2.35. The van der Waals surface area contributed by atoms with E-state index in [1.165, 1.54) is 0 Å². The molecule has 2 N–H and O–H groups in total. The molecule has 3 nitrogen and oxygen atoms in total. The molecule has 1 aromatic carbocycles. The van der Waals surface area contributed by atoms with Gasteiger partial charge in [-0.1, -0.05) is 40.3 Å². The monoisotopic (exact) mass is 322 g/mol. The summed E-state index contributed by atoms with van der Waals surface area (Å²) in [4.78, 5) is 12.2. The Morgan fingerprint density at radius 2 is 1.94 bits per heavy atom. The fourth-order valence-corrected chi connectivity index (χ4v) is 2.06. The van der Waals surface area contributed by atoms with Gasteiger partial charge >= 0.3 is 0 Å². The van der Waals surface area contributed by atoms with Crippen LogP contribution in [-0.2, 0) is 6.54 Å². The zero-order valence-corrected chi connectivity index (χ0v) is 11.9. The highest BCUT2D eigenvalue weighted by molar-refractivity contribution is 9.10. The lowest BCUT2D eigenvalue weighted by Gasteiger charge is -2.07. The maximum absolute atomic E-state index is 12.1. The number of hydrogen-bond donors (Lipinski definition) is 1. The van der Waals surface area contributed by atoms with E-state index >= 15 is 0 Å². The molecule has 0 aliphatic rings. The molecule has 0 atom stereocenters. The number of hydrogen-bond acceptors (Lipinski definition) is 2. The van der Waals surface area contributed by atoms with Crippen LogP contribution in [0.4, 0.5) is 0 Å². The second-order valence-corrected chi connectivity index (χ2v) is 5.20. The molecule has 92 valence electrons. The third-order valence-electron chi connectivity index (χ3n) is 2.55. The molecule has 2 aromatic rings. The van der Waals surface area contributed by atoms with Crippen molar-refractivity contribution >= 4 is 33.1 Å². The number of nitrogens with two attached hydrogens (primary N) is 1. The quantitative estimate of drug-likeness (QED) is 0.882. The fourth-order valence-electron chi connectivity index (χ4n) is 1.64. The number of thiocarbonyl (C=S) groups is 1. The van der Waals surface area contributed by atoms with Crippen LogP contribution in [0, 0.1) is 0 Å². The van der Waals surface area contributed by atoms with Gasteiger partial charge in [0.15, 0.2) is 0 Å². The molecule has 1 heterocycles. The Morgan fingerprint density at radius 1 is 1.28 bits per heavy atom. The molecule has 2 rings (SSSR count). The van der Waals surface area contributed by atoms with Crippen LogP contribution in [0.2, 0.25) is 0 Å². The number of benzene rings is 1. The van der Waals surface area contributed by atoms with Gasteiger partial charge in [0, 0.05) is 10.7 Å². The van der Waals surface area contributed by atoms with E-state index in [2.05, 4.69) is 15.9 Å². The predicted octanol–water partition coefficient (Wildman–Crippen LogP) is 2.29. The second-order valence-electron chi connectivity index (χ2n) is 3.85. The molecule has 0 amide bonds. The average molecular weight is 323 g/mol. The van der Waals surface area contributed by atoms with Crippen molar-refractivity contribution in [3.63, 3.8) is 0 Å². The average Bonchev–Trinajstić information content (AvgIpc) is 2.34. The molecular formula is C13H11BrN2OS. The molecule has 0 fully saturated rings. The highest BCUT2D eigenvalue weighted by Gasteiger charge is 2.05. The summed E-state index contributed by atoms with van der Waals surface area (Å²) in [7, 11) is 0. The van der Waals surface area contributed by atoms with Gasteiger partial charge in [0.2, 0.25) is 0 Å². The van der Waals surface area contributed by atoms with Crippen LogP contribution >= 0.6 is 28.1 Å². The Bertz CT molecular complexity index is 634. The molecular weight excluding hydrogens is 312 g/mol. The van der Waals surface area contributed by atoms with Crippen LogP contribution in [0.5, 0.6) is 0 Å². The van der Waals surface area contributed by atoms with Crippen LogP contribution < -0.4 is 11.3 Å². The third-order valence-corrected chi connectivity index (χ3v) is 3.30. The summed E-state index contributed by atoms with van der Waals surface area (Å²) < 4.78 is 2.60. The Labute approximate surface area is 118 Å². The Morgan fingerprint density at radius 3 is 2.56 bits per heavy atom. The van der Waals surface area contributed by atoms with Crippen LogP contribution in [0.25, 0.3) is 0 Å². The largest absolute Gasteiger partial charge is 0.389 e. The van der Waals surface area contributed by atoms with Gasteiger partial charge in [0.25, 0.3) is 5.56 Å². The molecule has 5 heteroatoms. The van der Waals surface area contributed by atoms with E-state index in [1.54, 1.807) is 22.9 Å². The Hall–Kier alpha value is -1.46. The third kappa shape index (κ3) is 2.86. The summed E-state index contributed by atoms with van der Waals surface area (Å²) >= 11 is 8.22. The van der Waals surface area contributed by atoms with Crippen molar-refractivity contribution in [1.82, 2.24) is 4.57 Å². The minimum atomic E-state index is -0.159. The van der Waals surface area contributed by atoms with Gasteiger partial charge < -0.3 is 10.3 Å². The van der Waals surface area contributed by atoms with E-state index in [0.29, 0.717) is 12.1 Å². The molecule has 0 bridgehead atoms. The smallest absolute Gasteiger partial charge is 0.261 e. The van der Waals surface area contributed by atoms with E-state index in [4.69, 9.17) is 18.0 Å². The lowest BCUT2D eigenvalue weighted by Crippen LogP contribution is -2.28. The van der Waals surface area contributed by atoms with Crippen molar-refractivity contribution in [2.24, 2.45) is 5.73 Å². The van der Waals surface area contributed by atoms with Gasteiger partial charge in [-0.2, -0.15) is 0 Å². The first-order valence-electron chi connectivity index (χ1n) is 5.31. The maximum Gasteiger partial charge on any atom is 0.261 e. The van der Waals surface area contributed by atoms with E-state index in [1.807, 2.05) is 24.3 Å². The SMILES string of the molecule is NC(=S)c1cccn(Cc2ccc(Br)cc2)c1=O. The highest BCUT2D eigenvalue weighted by atomic mass is 79.9. The van der Waals surface area contributed by atoms with Gasteiger partial charge in [0.05, 0.1) is 12.1 Å². The highest BCUT2D eigenvalue weighted by Crippen LogP contribution is 2.11. The molecule has 0 aliphatic heterocycles. The molecule has 0 saturated heterocycles. The zero-order valence-electron chi connectivity index (χ0n) is 9.47. The number of rotatable bonds is 3. The first-order chi connectivity index (χ1) is 8.58. The molecule has 1 aromatic heterocycles. The summed E-state index contributed by atoms with van der Waals surface area (Å²) in [6.45, 7) is 0.503.